The number of hydrogen-bond acceptors (Lipinski definition) is 2. The Morgan fingerprint density at radius 1 is 1.29 bits per heavy atom. The summed E-state index contributed by atoms with van der Waals surface area (Å²) in [7, 11) is 0. The van der Waals surface area contributed by atoms with Crippen LogP contribution in [0.1, 0.15) is 18.1 Å². The number of halogens is 3. The van der Waals surface area contributed by atoms with Gasteiger partial charge in [-0.1, -0.05) is 29.8 Å². The molecule has 0 saturated heterocycles. The molecule has 0 amide bonds. The van der Waals surface area contributed by atoms with Crippen molar-refractivity contribution in [3.05, 3.63) is 62.8 Å². The van der Waals surface area contributed by atoms with E-state index in [-0.39, 0.29) is 18.5 Å². The van der Waals surface area contributed by atoms with Gasteiger partial charge in [0.25, 0.3) is 0 Å². The second-order valence-electron chi connectivity index (χ2n) is 4.93. The predicted molar refractivity (Wildman–Crippen MR) is 87.2 cm³/mol. The lowest BCUT2D eigenvalue weighted by Crippen LogP contribution is -2.18. The Morgan fingerprint density at radius 3 is 2.71 bits per heavy atom. The van der Waals surface area contributed by atoms with Gasteiger partial charge in [0.05, 0.1) is 9.50 Å². The summed E-state index contributed by atoms with van der Waals surface area (Å²) < 4.78 is 19.8. The monoisotopic (exact) mass is 371 g/mol. The van der Waals surface area contributed by atoms with E-state index in [1.807, 2.05) is 25.1 Å². The van der Waals surface area contributed by atoms with Crippen molar-refractivity contribution in [2.45, 2.75) is 26.0 Å². The minimum Gasteiger partial charge on any atom is -0.487 e. The average molecular weight is 373 g/mol. The van der Waals surface area contributed by atoms with Gasteiger partial charge in [-0.15, -0.1) is 0 Å². The highest BCUT2D eigenvalue weighted by Gasteiger charge is 2.11. The molecule has 0 aliphatic heterocycles. The molecular formula is C16H16BrClFNO. The number of para-hydroxylation sites is 1. The average Bonchev–Trinajstić information content (AvgIpc) is 2.39. The van der Waals surface area contributed by atoms with Gasteiger partial charge in [-0.2, -0.15) is 0 Å². The first-order valence-corrected chi connectivity index (χ1v) is 7.74. The third kappa shape index (κ3) is 4.43. The molecule has 2 aromatic rings. The van der Waals surface area contributed by atoms with E-state index < -0.39 is 0 Å². The van der Waals surface area contributed by atoms with Crippen molar-refractivity contribution in [3.8, 4) is 5.75 Å². The summed E-state index contributed by atoms with van der Waals surface area (Å²) >= 11 is 9.49. The van der Waals surface area contributed by atoms with Crippen LogP contribution in [0.25, 0.3) is 0 Å². The molecule has 0 aliphatic rings. The Balaban J connectivity index is 2.19. The van der Waals surface area contributed by atoms with Crippen molar-refractivity contribution < 1.29 is 9.13 Å². The van der Waals surface area contributed by atoms with Gasteiger partial charge in [0.1, 0.15) is 18.2 Å². The fourth-order valence-corrected chi connectivity index (χ4v) is 2.75. The minimum absolute atomic E-state index is 0.0380. The summed E-state index contributed by atoms with van der Waals surface area (Å²) in [6.07, 6.45) is 0.714. The molecule has 0 fully saturated rings. The highest BCUT2D eigenvalue weighted by molar-refractivity contribution is 9.10. The maximum Gasteiger partial charge on any atom is 0.137 e. The van der Waals surface area contributed by atoms with E-state index >= 15 is 0 Å². The number of nitrogens with two attached hydrogens (primary N) is 1. The van der Waals surface area contributed by atoms with Crippen molar-refractivity contribution in [1.82, 2.24) is 0 Å². The van der Waals surface area contributed by atoms with Crippen LogP contribution < -0.4 is 10.5 Å². The second-order valence-corrected chi connectivity index (χ2v) is 6.20. The molecule has 0 spiro atoms. The summed E-state index contributed by atoms with van der Waals surface area (Å²) in [5.74, 6) is 0.387. The summed E-state index contributed by atoms with van der Waals surface area (Å²) in [6.45, 7) is 2.22. The molecule has 0 aromatic heterocycles. The molecular weight excluding hydrogens is 357 g/mol. The van der Waals surface area contributed by atoms with Gasteiger partial charge in [-0.3, -0.25) is 0 Å². The van der Waals surface area contributed by atoms with Crippen LogP contribution in [0.5, 0.6) is 5.75 Å². The first-order chi connectivity index (χ1) is 9.97. The van der Waals surface area contributed by atoms with Gasteiger partial charge in [-0.25, -0.2) is 4.39 Å². The summed E-state index contributed by atoms with van der Waals surface area (Å²) in [5.41, 5.74) is 7.62. The van der Waals surface area contributed by atoms with Crippen LogP contribution in [-0.4, -0.2) is 6.04 Å². The van der Waals surface area contributed by atoms with Gasteiger partial charge in [0, 0.05) is 11.6 Å². The second kappa shape index (κ2) is 7.25. The first kappa shape index (κ1) is 16.3. The predicted octanol–water partition coefficient (Wildman–Crippen LogP) is 4.71. The lowest BCUT2D eigenvalue weighted by atomic mass is 10.1. The Bertz CT molecular complexity index is 634. The van der Waals surface area contributed by atoms with Crippen molar-refractivity contribution in [2.75, 3.05) is 0 Å². The lowest BCUT2D eigenvalue weighted by Gasteiger charge is -2.15. The van der Waals surface area contributed by atoms with Crippen LogP contribution >= 0.6 is 27.5 Å². The van der Waals surface area contributed by atoms with E-state index in [1.165, 1.54) is 12.1 Å². The molecule has 0 saturated carbocycles. The van der Waals surface area contributed by atoms with Gasteiger partial charge in [0.2, 0.25) is 0 Å². The molecule has 0 aliphatic carbocycles. The van der Waals surface area contributed by atoms with E-state index in [2.05, 4.69) is 15.9 Å². The molecule has 1 atom stereocenters. The van der Waals surface area contributed by atoms with Gasteiger partial charge in [-0.05, 0) is 53.0 Å². The van der Waals surface area contributed by atoms with Crippen LogP contribution in [0.2, 0.25) is 5.02 Å². The Morgan fingerprint density at radius 2 is 2.05 bits per heavy atom. The quantitative estimate of drug-likeness (QED) is 0.825. The molecule has 2 rings (SSSR count). The standard InChI is InChI=1S/C16H16BrClFNO/c1-10(20)7-11-3-2-4-14(17)16(11)21-9-12-5-6-13(19)8-15(12)18/h2-6,8,10H,7,9,20H2,1H3. The first-order valence-electron chi connectivity index (χ1n) is 6.57. The van der Waals surface area contributed by atoms with Crippen LogP contribution in [-0.2, 0) is 13.0 Å². The third-order valence-electron chi connectivity index (χ3n) is 2.98. The van der Waals surface area contributed by atoms with Gasteiger partial charge < -0.3 is 10.5 Å². The van der Waals surface area contributed by atoms with Gasteiger partial charge >= 0.3 is 0 Å². The molecule has 5 heteroatoms. The van der Waals surface area contributed by atoms with Crippen LogP contribution in [0.15, 0.2) is 40.9 Å². The van der Waals surface area contributed by atoms with E-state index in [9.17, 15) is 4.39 Å². The fraction of sp³-hybridized carbons (Fsp3) is 0.250. The molecule has 2 aromatic carbocycles. The van der Waals surface area contributed by atoms with Gasteiger partial charge in [0.15, 0.2) is 0 Å². The highest BCUT2D eigenvalue weighted by Crippen LogP contribution is 2.31. The summed E-state index contributed by atoms with van der Waals surface area (Å²) in [4.78, 5) is 0. The van der Waals surface area contributed by atoms with E-state index in [1.54, 1.807) is 6.07 Å². The minimum atomic E-state index is -0.359. The topological polar surface area (TPSA) is 35.2 Å². The Kier molecular flexibility index (Phi) is 5.62. The number of benzene rings is 2. The molecule has 0 radical (unpaired) electrons. The van der Waals surface area contributed by atoms with Crippen molar-refractivity contribution in [1.29, 1.82) is 0 Å². The Labute approximate surface area is 137 Å². The summed E-state index contributed by atoms with van der Waals surface area (Å²) in [6, 6.07) is 10.1. The molecule has 2 N–H and O–H groups in total. The lowest BCUT2D eigenvalue weighted by molar-refractivity contribution is 0.300. The zero-order chi connectivity index (χ0) is 15.4. The van der Waals surface area contributed by atoms with E-state index in [4.69, 9.17) is 22.1 Å². The number of rotatable bonds is 5. The number of ether oxygens (including phenoxy) is 1. The Hall–Kier alpha value is -1.10. The smallest absolute Gasteiger partial charge is 0.137 e. The van der Waals surface area contributed by atoms with Crippen molar-refractivity contribution in [2.24, 2.45) is 5.73 Å². The van der Waals surface area contributed by atoms with Crippen molar-refractivity contribution in [3.63, 3.8) is 0 Å². The van der Waals surface area contributed by atoms with Crippen LogP contribution in [0.4, 0.5) is 4.39 Å². The zero-order valence-electron chi connectivity index (χ0n) is 11.6. The molecule has 1 unspecified atom stereocenters. The normalized spacial score (nSPS) is 12.2. The molecule has 2 nitrogen and oxygen atoms in total. The highest BCUT2D eigenvalue weighted by atomic mass is 79.9. The third-order valence-corrected chi connectivity index (χ3v) is 3.95. The maximum absolute atomic E-state index is 13.0. The van der Waals surface area contributed by atoms with Crippen LogP contribution in [0, 0.1) is 5.82 Å². The largest absolute Gasteiger partial charge is 0.487 e. The fourth-order valence-electron chi connectivity index (χ4n) is 2.01. The molecule has 0 bridgehead atoms. The maximum atomic E-state index is 13.0. The number of hydrogen-bond donors (Lipinski definition) is 1. The SMILES string of the molecule is CC(N)Cc1cccc(Br)c1OCc1ccc(F)cc1Cl. The van der Waals surface area contributed by atoms with Crippen LogP contribution in [0.3, 0.4) is 0 Å². The van der Waals surface area contributed by atoms with Crippen molar-refractivity contribution >= 4 is 27.5 Å². The molecule has 21 heavy (non-hydrogen) atoms. The molecule has 112 valence electrons. The summed E-state index contributed by atoms with van der Waals surface area (Å²) in [5, 5.41) is 0.357. The van der Waals surface area contributed by atoms with E-state index in [0.717, 1.165) is 21.3 Å². The zero-order valence-corrected chi connectivity index (χ0v) is 13.9. The van der Waals surface area contributed by atoms with E-state index in [0.29, 0.717) is 11.4 Å². The molecule has 0 heterocycles.